The number of H-pyrrole nitrogens is 1. The van der Waals surface area contributed by atoms with Gasteiger partial charge in [-0.3, -0.25) is 9.89 Å². The second kappa shape index (κ2) is 3.93. The lowest BCUT2D eigenvalue weighted by atomic mass is 9.90. The number of nitrogens with zero attached hydrogens (tertiary/aromatic N) is 2. The minimum absolute atomic E-state index is 0.00695. The number of amides is 1. The highest BCUT2D eigenvalue weighted by Crippen LogP contribution is 2.36. The van der Waals surface area contributed by atoms with Crippen LogP contribution in [0.15, 0.2) is 35.1 Å². The average Bonchev–Trinajstić information content (AvgIpc) is 3.03. The molecular weight excluding hydrogens is 256 g/mol. The number of allylic oxidation sites excluding steroid dienone is 1. The molecule has 0 saturated carbocycles. The summed E-state index contributed by atoms with van der Waals surface area (Å²) in [5, 5.41) is 15.9. The average molecular weight is 268 g/mol. The van der Waals surface area contributed by atoms with E-state index in [1.807, 2.05) is 12.1 Å². The molecule has 0 unspecified atom stereocenters. The molecule has 0 bridgehead atoms. The number of hydrogen-bond donors (Lipinski definition) is 2. The third kappa shape index (κ3) is 1.48. The molecular formula is C14H12N4O2. The molecule has 3 heterocycles. The Kier molecular flexibility index (Phi) is 2.20. The molecule has 1 atom stereocenters. The fourth-order valence-electron chi connectivity index (χ4n) is 2.80. The van der Waals surface area contributed by atoms with Gasteiger partial charge in [-0.25, -0.2) is 0 Å². The Hall–Kier alpha value is -2.63. The van der Waals surface area contributed by atoms with Crippen LogP contribution in [0.3, 0.4) is 0 Å². The molecule has 1 aromatic carbocycles. The van der Waals surface area contributed by atoms with Gasteiger partial charge in [0.15, 0.2) is 5.58 Å². The van der Waals surface area contributed by atoms with Crippen LogP contribution in [0.4, 0.5) is 0 Å². The second-order valence-corrected chi connectivity index (χ2v) is 5.00. The zero-order valence-electron chi connectivity index (χ0n) is 10.6. The van der Waals surface area contributed by atoms with Gasteiger partial charge in [0.1, 0.15) is 5.69 Å². The van der Waals surface area contributed by atoms with Crippen molar-refractivity contribution in [3.63, 3.8) is 0 Å². The first-order valence-corrected chi connectivity index (χ1v) is 6.44. The lowest BCUT2D eigenvalue weighted by molar-refractivity contribution is -0.121. The van der Waals surface area contributed by atoms with Crippen LogP contribution in [-0.2, 0) is 4.79 Å². The Morgan fingerprint density at radius 3 is 3.15 bits per heavy atom. The van der Waals surface area contributed by atoms with E-state index in [0.717, 1.165) is 27.6 Å². The molecule has 6 heteroatoms. The SMILES string of the molecule is C=C1NC(=O)CC[C@@H]1c1noc2ccc3[nH]ncc3c12. The molecule has 1 fully saturated rings. The largest absolute Gasteiger partial charge is 0.356 e. The first-order chi connectivity index (χ1) is 9.74. The van der Waals surface area contributed by atoms with E-state index in [-0.39, 0.29) is 11.8 Å². The fraction of sp³-hybridized carbons (Fsp3) is 0.214. The van der Waals surface area contributed by atoms with Crippen molar-refractivity contribution < 1.29 is 9.32 Å². The zero-order valence-corrected chi connectivity index (χ0v) is 10.6. The van der Waals surface area contributed by atoms with Crippen molar-refractivity contribution in [3.05, 3.63) is 36.3 Å². The Balaban J connectivity index is 1.93. The zero-order chi connectivity index (χ0) is 13.7. The van der Waals surface area contributed by atoms with E-state index in [2.05, 4.69) is 27.2 Å². The number of aromatic nitrogens is 3. The number of fused-ring (bicyclic) bond motifs is 3. The number of hydrogen-bond acceptors (Lipinski definition) is 4. The van der Waals surface area contributed by atoms with Crippen molar-refractivity contribution in [1.29, 1.82) is 0 Å². The molecule has 0 spiro atoms. The molecule has 2 N–H and O–H groups in total. The highest BCUT2D eigenvalue weighted by molar-refractivity contribution is 6.05. The van der Waals surface area contributed by atoms with Gasteiger partial charge in [-0.1, -0.05) is 11.7 Å². The number of carbonyl (C=O) groups excluding carboxylic acids is 1. The maximum atomic E-state index is 11.4. The van der Waals surface area contributed by atoms with Crippen LogP contribution < -0.4 is 5.32 Å². The molecule has 0 radical (unpaired) electrons. The predicted molar refractivity (Wildman–Crippen MR) is 72.9 cm³/mol. The first-order valence-electron chi connectivity index (χ1n) is 6.44. The summed E-state index contributed by atoms with van der Waals surface area (Å²) in [4.78, 5) is 11.4. The minimum atomic E-state index is -0.0190. The molecule has 0 aliphatic carbocycles. The van der Waals surface area contributed by atoms with E-state index < -0.39 is 0 Å². The molecule has 1 aliphatic rings. The summed E-state index contributed by atoms with van der Waals surface area (Å²) in [7, 11) is 0. The standard InChI is InChI=1S/C14H12N4O2/c1-7-8(2-5-12(19)16-7)14-13-9-6-15-17-10(9)3-4-11(13)20-18-14/h3-4,6,8H,1-2,5H2,(H,15,17)(H,16,19)/t8-/m0/s1. The summed E-state index contributed by atoms with van der Waals surface area (Å²) >= 11 is 0. The van der Waals surface area contributed by atoms with Gasteiger partial charge in [-0.2, -0.15) is 5.10 Å². The quantitative estimate of drug-likeness (QED) is 0.708. The molecule has 1 saturated heterocycles. The Bertz CT molecular complexity index is 845. The normalized spacial score (nSPS) is 19.7. The predicted octanol–water partition coefficient (Wildman–Crippen LogP) is 2.21. The van der Waals surface area contributed by atoms with E-state index in [0.29, 0.717) is 18.5 Å². The van der Waals surface area contributed by atoms with E-state index in [4.69, 9.17) is 4.52 Å². The highest BCUT2D eigenvalue weighted by Gasteiger charge is 2.28. The number of nitrogens with one attached hydrogen (secondary N) is 2. The van der Waals surface area contributed by atoms with Crippen LogP contribution in [0, 0.1) is 0 Å². The van der Waals surface area contributed by atoms with E-state index in [9.17, 15) is 4.79 Å². The number of carbonyl (C=O) groups is 1. The Morgan fingerprint density at radius 1 is 1.40 bits per heavy atom. The van der Waals surface area contributed by atoms with Crippen LogP contribution in [0.1, 0.15) is 24.5 Å². The van der Waals surface area contributed by atoms with Gasteiger partial charge in [0.05, 0.1) is 17.1 Å². The molecule has 20 heavy (non-hydrogen) atoms. The summed E-state index contributed by atoms with van der Waals surface area (Å²) in [6.45, 7) is 3.94. The van der Waals surface area contributed by atoms with Gasteiger partial charge in [-0.15, -0.1) is 0 Å². The van der Waals surface area contributed by atoms with Gasteiger partial charge in [-0.05, 0) is 18.6 Å². The topological polar surface area (TPSA) is 83.8 Å². The molecule has 1 aliphatic heterocycles. The van der Waals surface area contributed by atoms with Crippen LogP contribution in [0.5, 0.6) is 0 Å². The molecule has 3 aromatic rings. The van der Waals surface area contributed by atoms with Gasteiger partial charge in [0, 0.05) is 23.4 Å². The van der Waals surface area contributed by atoms with Gasteiger partial charge >= 0.3 is 0 Å². The van der Waals surface area contributed by atoms with Crippen molar-refractivity contribution in [2.75, 3.05) is 0 Å². The lowest BCUT2D eigenvalue weighted by Gasteiger charge is -2.23. The molecule has 1 amide bonds. The maximum Gasteiger partial charge on any atom is 0.224 e. The molecule has 6 nitrogen and oxygen atoms in total. The Morgan fingerprint density at radius 2 is 2.30 bits per heavy atom. The van der Waals surface area contributed by atoms with Crippen LogP contribution >= 0.6 is 0 Å². The van der Waals surface area contributed by atoms with Crippen molar-refractivity contribution >= 4 is 27.8 Å². The molecule has 4 rings (SSSR count). The third-order valence-electron chi connectivity index (χ3n) is 3.80. The van der Waals surface area contributed by atoms with E-state index in [1.54, 1.807) is 6.20 Å². The van der Waals surface area contributed by atoms with E-state index >= 15 is 0 Å². The Labute approximate surface area is 113 Å². The second-order valence-electron chi connectivity index (χ2n) is 5.00. The summed E-state index contributed by atoms with van der Waals surface area (Å²) < 4.78 is 5.41. The van der Waals surface area contributed by atoms with Gasteiger partial charge < -0.3 is 9.84 Å². The number of rotatable bonds is 1. The minimum Gasteiger partial charge on any atom is -0.356 e. The monoisotopic (exact) mass is 268 g/mol. The smallest absolute Gasteiger partial charge is 0.224 e. The van der Waals surface area contributed by atoms with Gasteiger partial charge in [0.2, 0.25) is 5.91 Å². The fourth-order valence-corrected chi connectivity index (χ4v) is 2.80. The van der Waals surface area contributed by atoms with Gasteiger partial charge in [0.25, 0.3) is 0 Å². The summed E-state index contributed by atoms with van der Waals surface area (Å²) in [6, 6.07) is 3.79. The first kappa shape index (κ1) is 11.2. The number of piperidine rings is 1. The van der Waals surface area contributed by atoms with Crippen molar-refractivity contribution in [2.24, 2.45) is 0 Å². The van der Waals surface area contributed by atoms with Crippen LogP contribution in [0.2, 0.25) is 0 Å². The lowest BCUT2D eigenvalue weighted by Crippen LogP contribution is -2.31. The number of aromatic amines is 1. The highest BCUT2D eigenvalue weighted by atomic mass is 16.5. The maximum absolute atomic E-state index is 11.4. The summed E-state index contributed by atoms with van der Waals surface area (Å²) in [6.07, 6.45) is 2.93. The van der Waals surface area contributed by atoms with Crippen LogP contribution in [-0.4, -0.2) is 21.3 Å². The van der Waals surface area contributed by atoms with Crippen LogP contribution in [0.25, 0.3) is 21.9 Å². The number of benzene rings is 1. The summed E-state index contributed by atoms with van der Waals surface area (Å²) in [5.74, 6) is -0.0121. The molecule has 2 aromatic heterocycles. The summed E-state index contributed by atoms with van der Waals surface area (Å²) in [5.41, 5.74) is 3.15. The van der Waals surface area contributed by atoms with Crippen molar-refractivity contribution in [1.82, 2.24) is 20.7 Å². The van der Waals surface area contributed by atoms with E-state index in [1.165, 1.54) is 0 Å². The molecule has 100 valence electrons. The van der Waals surface area contributed by atoms with Crippen molar-refractivity contribution in [3.8, 4) is 0 Å². The third-order valence-corrected chi connectivity index (χ3v) is 3.80. The van der Waals surface area contributed by atoms with Crippen molar-refractivity contribution in [2.45, 2.75) is 18.8 Å².